The van der Waals surface area contributed by atoms with Gasteiger partial charge < -0.3 is 9.51 Å². The Labute approximate surface area is 221 Å². The summed E-state index contributed by atoms with van der Waals surface area (Å²) in [6.45, 7) is 7.62. The van der Waals surface area contributed by atoms with Crippen molar-refractivity contribution >= 4 is 49.8 Å². The minimum atomic E-state index is -1.01. The van der Waals surface area contributed by atoms with Gasteiger partial charge in [-0.05, 0) is 74.2 Å². The molecule has 190 valence electrons. The lowest BCUT2D eigenvalue weighted by Crippen LogP contribution is -2.29. The molecule has 6 rings (SSSR count). The van der Waals surface area contributed by atoms with Crippen molar-refractivity contribution in [2.24, 2.45) is 0 Å². The van der Waals surface area contributed by atoms with E-state index in [4.69, 9.17) is 4.98 Å². The molecule has 1 fully saturated rings. The molecular formula is C29H23FN4O3S. The Balaban J connectivity index is 1.60. The Bertz CT molecular complexity index is 1830. The van der Waals surface area contributed by atoms with E-state index < -0.39 is 23.5 Å². The first-order chi connectivity index (χ1) is 18.2. The summed E-state index contributed by atoms with van der Waals surface area (Å²) < 4.78 is 16.6. The van der Waals surface area contributed by atoms with Crippen molar-refractivity contribution in [3.63, 3.8) is 0 Å². The number of hydrogen-bond donors (Lipinski definition) is 1. The monoisotopic (exact) mass is 526 g/mol. The molecule has 1 unspecified atom stereocenters. The quantitative estimate of drug-likeness (QED) is 0.179. The SMILES string of the molecule is Cc1cc(C)c2nc(N3C(=O)C(=O)/C(=C(/O)c4nc5c(C)cccn5c4C)C3c3ccc(F)cc3)sc2c1. The number of aliphatic hydroxyl groups excluding tert-OH is 1. The van der Waals surface area contributed by atoms with Crippen LogP contribution in [0.3, 0.4) is 0 Å². The number of aryl methyl sites for hydroxylation is 4. The van der Waals surface area contributed by atoms with Gasteiger partial charge in [-0.3, -0.25) is 14.5 Å². The van der Waals surface area contributed by atoms with Crippen LogP contribution in [0.1, 0.15) is 39.7 Å². The second-order valence-electron chi connectivity index (χ2n) is 9.58. The third kappa shape index (κ3) is 3.53. The number of nitrogens with zero attached hydrogens (tertiary/aromatic N) is 4. The number of anilines is 1. The summed E-state index contributed by atoms with van der Waals surface area (Å²) in [7, 11) is 0. The number of rotatable bonds is 3. The molecule has 3 aromatic heterocycles. The van der Waals surface area contributed by atoms with Gasteiger partial charge in [0, 0.05) is 6.20 Å². The molecule has 38 heavy (non-hydrogen) atoms. The van der Waals surface area contributed by atoms with Crippen LogP contribution < -0.4 is 4.90 Å². The number of Topliss-reactive ketones (excluding diaryl/α,β-unsaturated/α-hetero) is 1. The number of pyridine rings is 1. The second-order valence-corrected chi connectivity index (χ2v) is 10.6. The van der Waals surface area contributed by atoms with Crippen molar-refractivity contribution in [3.05, 3.63) is 99.8 Å². The Morgan fingerprint density at radius 1 is 1.00 bits per heavy atom. The molecule has 4 heterocycles. The number of halogens is 1. The molecule has 0 aliphatic carbocycles. The summed E-state index contributed by atoms with van der Waals surface area (Å²) in [5.74, 6) is -2.50. The Hall–Kier alpha value is -4.37. The fourth-order valence-corrected chi connectivity index (χ4v) is 6.29. The van der Waals surface area contributed by atoms with Gasteiger partial charge in [0.15, 0.2) is 10.9 Å². The van der Waals surface area contributed by atoms with E-state index in [1.165, 1.54) is 40.5 Å². The molecule has 0 bridgehead atoms. The van der Waals surface area contributed by atoms with Gasteiger partial charge >= 0.3 is 5.91 Å². The highest BCUT2D eigenvalue weighted by Crippen LogP contribution is 2.45. The van der Waals surface area contributed by atoms with Gasteiger partial charge in [0.25, 0.3) is 5.78 Å². The summed E-state index contributed by atoms with van der Waals surface area (Å²) in [6, 6.07) is 12.3. The van der Waals surface area contributed by atoms with E-state index >= 15 is 0 Å². The lowest BCUT2D eigenvalue weighted by atomic mass is 9.96. The van der Waals surface area contributed by atoms with Crippen molar-refractivity contribution in [1.82, 2.24) is 14.4 Å². The molecular weight excluding hydrogens is 503 g/mol. The number of carbonyl (C=O) groups excluding carboxylic acids is 2. The number of aromatic nitrogens is 3. The number of aliphatic hydroxyl groups is 1. The number of fused-ring (bicyclic) bond motifs is 2. The molecule has 1 amide bonds. The van der Waals surface area contributed by atoms with Gasteiger partial charge in [0.2, 0.25) is 0 Å². The average Bonchev–Trinajstić information content (AvgIpc) is 3.53. The third-order valence-electron chi connectivity index (χ3n) is 6.96. The van der Waals surface area contributed by atoms with Crippen molar-refractivity contribution in [3.8, 4) is 0 Å². The fourth-order valence-electron chi connectivity index (χ4n) is 5.13. The summed E-state index contributed by atoms with van der Waals surface area (Å²) in [4.78, 5) is 37.7. The number of carbonyl (C=O) groups is 2. The van der Waals surface area contributed by atoms with E-state index in [2.05, 4.69) is 4.98 Å². The maximum absolute atomic E-state index is 13.9. The van der Waals surface area contributed by atoms with Gasteiger partial charge in [-0.25, -0.2) is 14.4 Å². The fraction of sp³-hybridized carbons (Fsp3) is 0.172. The molecule has 1 atom stereocenters. The maximum Gasteiger partial charge on any atom is 0.301 e. The van der Waals surface area contributed by atoms with Crippen LogP contribution in [0.15, 0.2) is 60.3 Å². The number of thiazole rings is 1. The van der Waals surface area contributed by atoms with Crippen molar-refractivity contribution < 1.29 is 19.1 Å². The summed E-state index contributed by atoms with van der Waals surface area (Å²) in [6.07, 6.45) is 1.82. The summed E-state index contributed by atoms with van der Waals surface area (Å²) >= 11 is 1.29. The van der Waals surface area contributed by atoms with Crippen LogP contribution in [0, 0.1) is 33.5 Å². The average molecular weight is 527 g/mol. The van der Waals surface area contributed by atoms with E-state index in [1.54, 1.807) is 6.92 Å². The van der Waals surface area contributed by atoms with Crippen LogP contribution in [0.25, 0.3) is 21.6 Å². The van der Waals surface area contributed by atoms with E-state index in [9.17, 15) is 19.1 Å². The summed E-state index contributed by atoms with van der Waals surface area (Å²) in [5, 5.41) is 11.9. The maximum atomic E-state index is 13.9. The van der Waals surface area contributed by atoms with Crippen LogP contribution >= 0.6 is 11.3 Å². The smallest absolute Gasteiger partial charge is 0.301 e. The predicted molar refractivity (Wildman–Crippen MR) is 145 cm³/mol. The highest BCUT2D eigenvalue weighted by atomic mass is 32.1. The van der Waals surface area contributed by atoms with Gasteiger partial charge in [-0.2, -0.15) is 0 Å². The second kappa shape index (κ2) is 8.59. The van der Waals surface area contributed by atoms with E-state index in [-0.39, 0.29) is 17.0 Å². The van der Waals surface area contributed by atoms with Gasteiger partial charge in [-0.1, -0.05) is 35.6 Å². The minimum absolute atomic E-state index is 0.113. The largest absolute Gasteiger partial charge is 0.505 e. The van der Waals surface area contributed by atoms with E-state index in [0.717, 1.165) is 26.9 Å². The van der Waals surface area contributed by atoms with Crippen LogP contribution in [-0.4, -0.2) is 31.2 Å². The third-order valence-corrected chi connectivity index (χ3v) is 7.96. The molecule has 1 aliphatic rings. The molecule has 0 radical (unpaired) electrons. The van der Waals surface area contributed by atoms with E-state index in [1.807, 2.05) is 55.6 Å². The molecule has 9 heteroatoms. The Morgan fingerprint density at radius 3 is 2.45 bits per heavy atom. The van der Waals surface area contributed by atoms with Crippen molar-refractivity contribution in [2.75, 3.05) is 4.90 Å². The molecule has 1 saturated heterocycles. The topological polar surface area (TPSA) is 87.8 Å². The van der Waals surface area contributed by atoms with Crippen LogP contribution in [0.5, 0.6) is 0 Å². The van der Waals surface area contributed by atoms with Gasteiger partial charge in [0.1, 0.15) is 17.2 Å². The number of ketones is 1. The highest BCUT2D eigenvalue weighted by Gasteiger charge is 2.48. The number of amides is 1. The highest BCUT2D eigenvalue weighted by molar-refractivity contribution is 7.22. The van der Waals surface area contributed by atoms with Crippen molar-refractivity contribution in [1.29, 1.82) is 0 Å². The molecule has 2 aromatic carbocycles. The zero-order valence-electron chi connectivity index (χ0n) is 21.1. The van der Waals surface area contributed by atoms with Crippen LogP contribution in [0.4, 0.5) is 9.52 Å². The number of hydrogen-bond acceptors (Lipinski definition) is 6. The molecule has 1 N–H and O–H groups in total. The summed E-state index contributed by atoms with van der Waals surface area (Å²) in [5.41, 5.74) is 5.46. The normalized spacial score (nSPS) is 17.3. The van der Waals surface area contributed by atoms with Crippen molar-refractivity contribution in [2.45, 2.75) is 33.7 Å². The van der Waals surface area contributed by atoms with Gasteiger partial charge in [-0.15, -0.1) is 0 Å². The van der Waals surface area contributed by atoms with Crippen LogP contribution in [-0.2, 0) is 9.59 Å². The lowest BCUT2D eigenvalue weighted by molar-refractivity contribution is -0.132. The zero-order chi connectivity index (χ0) is 26.9. The Morgan fingerprint density at radius 2 is 1.74 bits per heavy atom. The molecule has 1 aliphatic heterocycles. The molecule has 0 spiro atoms. The molecule has 7 nitrogen and oxygen atoms in total. The predicted octanol–water partition coefficient (Wildman–Crippen LogP) is 5.94. The zero-order valence-corrected chi connectivity index (χ0v) is 21.9. The lowest BCUT2D eigenvalue weighted by Gasteiger charge is -2.22. The number of benzene rings is 2. The first-order valence-electron chi connectivity index (χ1n) is 12.0. The van der Waals surface area contributed by atoms with E-state index in [0.29, 0.717) is 22.0 Å². The first kappa shape index (κ1) is 24.0. The standard InChI is InChI=1S/C29H23FN4O3S/c1-14-12-16(3)22-20(13-14)38-29(32-22)34-24(18-7-9-19(30)10-8-18)21(26(36)28(34)37)25(35)23-17(4)33-11-5-6-15(2)27(33)31-23/h5-13,24,35H,1-4H3/b25-21+. The first-order valence-corrected chi connectivity index (χ1v) is 12.9. The Kier molecular flexibility index (Phi) is 5.43. The molecule has 0 saturated carbocycles. The number of imidazole rings is 1. The molecule has 5 aromatic rings. The van der Waals surface area contributed by atoms with Crippen LogP contribution in [0.2, 0.25) is 0 Å². The van der Waals surface area contributed by atoms with Gasteiger partial charge in [0.05, 0.1) is 27.5 Å². The minimum Gasteiger partial charge on any atom is -0.505 e.